The summed E-state index contributed by atoms with van der Waals surface area (Å²) >= 11 is 1.31. The third-order valence-corrected chi connectivity index (χ3v) is 7.10. The normalized spacial score (nSPS) is 19.5. The Kier molecular flexibility index (Phi) is 4.98. The van der Waals surface area contributed by atoms with E-state index in [0.717, 1.165) is 11.1 Å². The van der Waals surface area contributed by atoms with Gasteiger partial charge in [0.15, 0.2) is 0 Å². The van der Waals surface area contributed by atoms with Gasteiger partial charge in [0.05, 0.1) is 11.4 Å². The minimum atomic E-state index is -1.21. The summed E-state index contributed by atoms with van der Waals surface area (Å²) in [6.07, 6.45) is 0. The maximum Gasteiger partial charge on any atom is 0.269 e. The second kappa shape index (κ2) is 7.84. The van der Waals surface area contributed by atoms with Crippen LogP contribution in [0.2, 0.25) is 0 Å². The molecule has 0 aliphatic carbocycles. The highest BCUT2D eigenvalue weighted by atomic mass is 32.2. The Hall–Kier alpha value is -3.58. The summed E-state index contributed by atoms with van der Waals surface area (Å²) in [5.41, 5.74) is 3.79. The molecule has 0 unspecified atom stereocenters. The predicted molar refractivity (Wildman–Crippen MR) is 127 cm³/mol. The van der Waals surface area contributed by atoms with Crippen LogP contribution in [0.15, 0.2) is 78.9 Å². The van der Waals surface area contributed by atoms with Crippen molar-refractivity contribution >= 4 is 46.5 Å². The van der Waals surface area contributed by atoms with Crippen molar-refractivity contribution in [1.29, 1.82) is 0 Å². The standard InChI is InChI=1S/C25H21N3O3S/c1-17-11-13-19(14-12-17)28-23(30)16-32-25(28)20-9-5-6-10-21(20)27(24(25)31)15-22(29)26-18-7-3-2-4-8-18/h2-14H,15-16H2,1H3,(H,26,29)/t25-/m1/s1. The summed E-state index contributed by atoms with van der Waals surface area (Å²) < 4.78 is 0. The molecule has 0 bridgehead atoms. The summed E-state index contributed by atoms with van der Waals surface area (Å²) in [4.78, 5) is 41.6. The Morgan fingerprint density at radius 2 is 1.66 bits per heavy atom. The van der Waals surface area contributed by atoms with E-state index in [1.165, 1.54) is 16.7 Å². The molecule has 6 nitrogen and oxygen atoms in total. The lowest BCUT2D eigenvalue weighted by atomic mass is 10.0. The molecule has 3 aromatic carbocycles. The van der Waals surface area contributed by atoms with Crippen molar-refractivity contribution in [3.05, 3.63) is 90.0 Å². The van der Waals surface area contributed by atoms with Crippen molar-refractivity contribution in [3.63, 3.8) is 0 Å². The third-order valence-electron chi connectivity index (χ3n) is 5.72. The quantitative estimate of drug-likeness (QED) is 0.664. The van der Waals surface area contributed by atoms with Crippen LogP contribution in [0, 0.1) is 6.92 Å². The first-order chi connectivity index (χ1) is 15.5. The van der Waals surface area contributed by atoms with E-state index in [1.807, 2.05) is 73.7 Å². The van der Waals surface area contributed by atoms with Crippen LogP contribution in [0.3, 0.4) is 0 Å². The molecule has 1 saturated heterocycles. The predicted octanol–water partition coefficient (Wildman–Crippen LogP) is 3.91. The molecule has 2 aliphatic rings. The molecule has 1 atom stereocenters. The first-order valence-corrected chi connectivity index (χ1v) is 11.3. The number of nitrogens with one attached hydrogen (secondary N) is 1. The maximum absolute atomic E-state index is 13.9. The summed E-state index contributed by atoms with van der Waals surface area (Å²) in [7, 11) is 0. The smallest absolute Gasteiger partial charge is 0.269 e. The lowest BCUT2D eigenvalue weighted by Gasteiger charge is -2.33. The second-order valence-electron chi connectivity index (χ2n) is 7.82. The second-order valence-corrected chi connectivity index (χ2v) is 8.99. The van der Waals surface area contributed by atoms with Crippen LogP contribution < -0.4 is 15.1 Å². The zero-order chi connectivity index (χ0) is 22.3. The number of benzene rings is 3. The number of anilines is 3. The molecule has 7 heteroatoms. The number of thioether (sulfide) groups is 1. The van der Waals surface area contributed by atoms with Gasteiger partial charge in [-0.15, -0.1) is 11.8 Å². The molecule has 1 fully saturated rings. The van der Waals surface area contributed by atoms with Crippen LogP contribution in [0.25, 0.3) is 0 Å². The average molecular weight is 444 g/mol. The fraction of sp³-hybridized carbons (Fsp3) is 0.160. The van der Waals surface area contributed by atoms with E-state index in [2.05, 4.69) is 5.32 Å². The van der Waals surface area contributed by atoms with Crippen LogP contribution in [0.4, 0.5) is 17.1 Å². The van der Waals surface area contributed by atoms with Gasteiger partial charge in [0, 0.05) is 16.9 Å². The molecule has 2 aliphatic heterocycles. The van der Waals surface area contributed by atoms with Crippen LogP contribution >= 0.6 is 11.8 Å². The highest BCUT2D eigenvalue weighted by Crippen LogP contribution is 2.55. The summed E-state index contributed by atoms with van der Waals surface area (Å²) in [5, 5.41) is 2.84. The topological polar surface area (TPSA) is 69.7 Å². The number of hydrogen-bond acceptors (Lipinski definition) is 4. The number of rotatable bonds is 4. The number of carbonyl (C=O) groups is 3. The Morgan fingerprint density at radius 1 is 0.969 bits per heavy atom. The van der Waals surface area contributed by atoms with Gasteiger partial charge in [0.1, 0.15) is 6.54 Å². The molecule has 3 aromatic rings. The molecule has 32 heavy (non-hydrogen) atoms. The molecule has 1 N–H and O–H groups in total. The van der Waals surface area contributed by atoms with Crippen molar-refractivity contribution < 1.29 is 14.4 Å². The van der Waals surface area contributed by atoms with Gasteiger partial charge in [0.25, 0.3) is 5.91 Å². The highest BCUT2D eigenvalue weighted by molar-refractivity contribution is 8.02. The van der Waals surface area contributed by atoms with Gasteiger partial charge in [-0.3, -0.25) is 24.2 Å². The first-order valence-electron chi connectivity index (χ1n) is 10.3. The van der Waals surface area contributed by atoms with E-state index in [-0.39, 0.29) is 30.0 Å². The van der Waals surface area contributed by atoms with E-state index in [0.29, 0.717) is 17.1 Å². The summed E-state index contributed by atoms with van der Waals surface area (Å²) in [6, 6.07) is 24.1. The SMILES string of the molecule is Cc1ccc(N2C(=O)CS[C@]23C(=O)N(CC(=O)Nc2ccccc2)c2ccccc23)cc1. The number of carbonyl (C=O) groups excluding carboxylic acids is 3. The van der Waals surface area contributed by atoms with Gasteiger partial charge < -0.3 is 5.32 Å². The van der Waals surface area contributed by atoms with Crippen LogP contribution in [-0.2, 0) is 19.3 Å². The van der Waals surface area contributed by atoms with E-state index in [9.17, 15) is 14.4 Å². The minimum Gasteiger partial charge on any atom is -0.325 e. The van der Waals surface area contributed by atoms with E-state index < -0.39 is 4.87 Å². The fourth-order valence-electron chi connectivity index (χ4n) is 4.27. The number of aryl methyl sites for hydroxylation is 1. The third kappa shape index (κ3) is 3.17. The van der Waals surface area contributed by atoms with Gasteiger partial charge in [-0.05, 0) is 37.3 Å². The highest BCUT2D eigenvalue weighted by Gasteiger charge is 2.61. The van der Waals surface area contributed by atoms with Gasteiger partial charge in [-0.1, -0.05) is 54.1 Å². The van der Waals surface area contributed by atoms with Crippen molar-refractivity contribution in [1.82, 2.24) is 0 Å². The first kappa shape index (κ1) is 20.3. The van der Waals surface area contributed by atoms with Crippen molar-refractivity contribution in [3.8, 4) is 0 Å². The van der Waals surface area contributed by atoms with Gasteiger partial charge in [-0.25, -0.2) is 0 Å². The number of fused-ring (bicyclic) bond motifs is 2. The summed E-state index contributed by atoms with van der Waals surface area (Å²) in [6.45, 7) is 1.84. The van der Waals surface area contributed by atoms with E-state index >= 15 is 0 Å². The minimum absolute atomic E-state index is 0.127. The molecule has 0 radical (unpaired) electrons. The van der Waals surface area contributed by atoms with Gasteiger partial charge in [-0.2, -0.15) is 0 Å². The van der Waals surface area contributed by atoms with Crippen LogP contribution in [-0.4, -0.2) is 30.0 Å². The van der Waals surface area contributed by atoms with E-state index in [4.69, 9.17) is 0 Å². The van der Waals surface area contributed by atoms with Crippen LogP contribution in [0.1, 0.15) is 11.1 Å². The number of nitrogens with zero attached hydrogens (tertiary/aromatic N) is 2. The summed E-state index contributed by atoms with van der Waals surface area (Å²) in [5.74, 6) is -0.513. The fourth-order valence-corrected chi connectivity index (χ4v) is 5.63. The molecule has 0 aromatic heterocycles. The Balaban J connectivity index is 1.53. The zero-order valence-corrected chi connectivity index (χ0v) is 18.3. The molecule has 160 valence electrons. The Bertz CT molecular complexity index is 1210. The zero-order valence-electron chi connectivity index (χ0n) is 17.4. The molecule has 1 spiro atoms. The molecular formula is C25H21N3O3S. The molecule has 3 amide bonds. The largest absolute Gasteiger partial charge is 0.325 e. The average Bonchev–Trinajstić information content (AvgIpc) is 3.26. The monoisotopic (exact) mass is 443 g/mol. The number of hydrogen-bond donors (Lipinski definition) is 1. The Labute approximate surface area is 190 Å². The Morgan fingerprint density at radius 3 is 2.41 bits per heavy atom. The number of para-hydroxylation sites is 2. The lowest BCUT2D eigenvalue weighted by Crippen LogP contribution is -2.50. The number of amides is 3. The molecule has 5 rings (SSSR count). The van der Waals surface area contributed by atoms with Crippen molar-refractivity contribution in [2.24, 2.45) is 0 Å². The lowest BCUT2D eigenvalue weighted by molar-refractivity contribution is -0.124. The maximum atomic E-state index is 13.9. The van der Waals surface area contributed by atoms with Crippen LogP contribution in [0.5, 0.6) is 0 Å². The molecule has 0 saturated carbocycles. The molecule has 2 heterocycles. The van der Waals surface area contributed by atoms with E-state index in [1.54, 1.807) is 17.0 Å². The van der Waals surface area contributed by atoms with Crippen molar-refractivity contribution in [2.75, 3.05) is 27.4 Å². The molecular weight excluding hydrogens is 422 g/mol. The van der Waals surface area contributed by atoms with Gasteiger partial charge in [0.2, 0.25) is 16.7 Å². The van der Waals surface area contributed by atoms with Gasteiger partial charge >= 0.3 is 0 Å². The van der Waals surface area contributed by atoms with Crippen molar-refractivity contribution in [2.45, 2.75) is 11.8 Å².